The van der Waals surface area contributed by atoms with Crippen molar-refractivity contribution >= 4 is 23.6 Å². The van der Waals surface area contributed by atoms with Gasteiger partial charge in [0.05, 0.1) is 0 Å². The van der Waals surface area contributed by atoms with Gasteiger partial charge in [0.1, 0.15) is 12.1 Å². The first-order chi connectivity index (χ1) is 8.04. The number of nitrogens with one attached hydrogen (secondary N) is 1. The molecule has 5 heteroatoms. The van der Waals surface area contributed by atoms with E-state index in [1.54, 1.807) is 16.7 Å². The van der Waals surface area contributed by atoms with E-state index >= 15 is 0 Å². The summed E-state index contributed by atoms with van der Waals surface area (Å²) in [4.78, 5) is 25.9. The van der Waals surface area contributed by atoms with Crippen LogP contribution in [0.25, 0.3) is 0 Å². The number of thioether (sulfide) groups is 1. The van der Waals surface area contributed by atoms with E-state index in [-0.39, 0.29) is 23.9 Å². The van der Waals surface area contributed by atoms with Gasteiger partial charge in [-0.05, 0) is 31.9 Å². The van der Waals surface area contributed by atoms with Crippen molar-refractivity contribution in [3.05, 3.63) is 0 Å². The third-order valence-corrected chi connectivity index (χ3v) is 4.60. The maximum Gasteiger partial charge on any atom is 0.246 e. The molecule has 1 saturated heterocycles. The summed E-state index contributed by atoms with van der Waals surface area (Å²) < 4.78 is 0. The van der Waals surface area contributed by atoms with Gasteiger partial charge < -0.3 is 10.2 Å². The highest BCUT2D eigenvalue weighted by Gasteiger charge is 2.45. The van der Waals surface area contributed by atoms with Crippen molar-refractivity contribution in [3.8, 4) is 0 Å². The molecule has 2 rings (SSSR count). The third kappa shape index (κ3) is 2.59. The highest BCUT2D eigenvalue weighted by molar-refractivity contribution is 7.99. The minimum Gasteiger partial charge on any atom is -0.342 e. The maximum atomic E-state index is 12.3. The molecule has 0 aromatic carbocycles. The van der Waals surface area contributed by atoms with Crippen molar-refractivity contribution in [2.45, 2.75) is 44.0 Å². The smallest absolute Gasteiger partial charge is 0.246 e. The quantitative estimate of drug-likeness (QED) is 0.812. The number of carbonyl (C=O) groups excluding carboxylic acids is 2. The Morgan fingerprint density at radius 3 is 2.65 bits per heavy atom. The summed E-state index contributed by atoms with van der Waals surface area (Å²) >= 11 is 1.72. The Balaban J connectivity index is 2.09. The number of hydrogen-bond acceptors (Lipinski definition) is 3. The standard InChI is InChI=1S/C12H20N2O2S/c1-7(17-3)6-14-8(2)11(15)13-10(12(14)16)9-4-5-9/h7-10H,4-6H2,1-3H3,(H,13,15). The Morgan fingerprint density at radius 2 is 2.12 bits per heavy atom. The molecule has 1 saturated carbocycles. The second-order valence-electron chi connectivity index (χ2n) is 5.04. The Morgan fingerprint density at radius 1 is 1.47 bits per heavy atom. The van der Waals surface area contributed by atoms with Crippen molar-refractivity contribution in [3.63, 3.8) is 0 Å². The van der Waals surface area contributed by atoms with Crippen LogP contribution in [0.1, 0.15) is 26.7 Å². The molecule has 0 bridgehead atoms. The predicted molar refractivity (Wildman–Crippen MR) is 68.8 cm³/mol. The number of carbonyl (C=O) groups is 2. The van der Waals surface area contributed by atoms with E-state index in [9.17, 15) is 9.59 Å². The monoisotopic (exact) mass is 256 g/mol. The lowest BCUT2D eigenvalue weighted by molar-refractivity contribution is -0.149. The van der Waals surface area contributed by atoms with Gasteiger partial charge in [-0.2, -0.15) is 11.8 Å². The van der Waals surface area contributed by atoms with Crippen molar-refractivity contribution < 1.29 is 9.59 Å². The lowest BCUT2D eigenvalue weighted by atomic mass is 10.0. The molecule has 0 radical (unpaired) electrons. The fraction of sp³-hybridized carbons (Fsp3) is 0.833. The second kappa shape index (κ2) is 4.88. The normalized spacial score (nSPS) is 31.4. The molecule has 0 spiro atoms. The molecule has 17 heavy (non-hydrogen) atoms. The van der Waals surface area contributed by atoms with Gasteiger partial charge in [0.15, 0.2) is 0 Å². The van der Waals surface area contributed by atoms with Crippen LogP contribution in [-0.4, -0.2) is 46.8 Å². The van der Waals surface area contributed by atoms with Gasteiger partial charge in [-0.15, -0.1) is 0 Å². The van der Waals surface area contributed by atoms with Crippen LogP contribution < -0.4 is 5.32 Å². The van der Waals surface area contributed by atoms with E-state index in [0.29, 0.717) is 17.7 Å². The van der Waals surface area contributed by atoms with Crippen molar-refractivity contribution in [2.24, 2.45) is 5.92 Å². The van der Waals surface area contributed by atoms with Gasteiger partial charge in [0, 0.05) is 11.8 Å². The zero-order valence-corrected chi connectivity index (χ0v) is 11.4. The molecular formula is C12H20N2O2S. The molecule has 2 fully saturated rings. The van der Waals surface area contributed by atoms with Crippen LogP contribution in [0.15, 0.2) is 0 Å². The number of hydrogen-bond donors (Lipinski definition) is 1. The van der Waals surface area contributed by atoms with Gasteiger partial charge >= 0.3 is 0 Å². The Kier molecular flexibility index (Phi) is 3.66. The molecule has 2 amide bonds. The van der Waals surface area contributed by atoms with E-state index in [2.05, 4.69) is 12.2 Å². The second-order valence-corrected chi connectivity index (χ2v) is 6.31. The SMILES string of the molecule is CSC(C)CN1C(=O)C(C2CC2)NC(=O)C1C. The first-order valence-electron chi connectivity index (χ1n) is 6.18. The molecule has 3 atom stereocenters. The molecule has 0 aromatic rings. The van der Waals surface area contributed by atoms with Crippen LogP contribution in [0.5, 0.6) is 0 Å². The summed E-state index contributed by atoms with van der Waals surface area (Å²) in [6.07, 6.45) is 4.16. The number of piperazine rings is 1. The minimum atomic E-state index is -0.327. The van der Waals surface area contributed by atoms with Gasteiger partial charge in [-0.25, -0.2) is 0 Å². The lowest BCUT2D eigenvalue weighted by Gasteiger charge is -2.38. The zero-order chi connectivity index (χ0) is 12.6. The topological polar surface area (TPSA) is 49.4 Å². The molecule has 4 nitrogen and oxygen atoms in total. The van der Waals surface area contributed by atoms with E-state index in [4.69, 9.17) is 0 Å². The summed E-state index contributed by atoms with van der Waals surface area (Å²) in [5, 5.41) is 3.23. The summed E-state index contributed by atoms with van der Waals surface area (Å²) in [5.41, 5.74) is 0. The van der Waals surface area contributed by atoms with Crippen molar-refractivity contribution in [1.82, 2.24) is 10.2 Å². The summed E-state index contributed by atoms with van der Waals surface area (Å²) in [7, 11) is 0. The average Bonchev–Trinajstić information content (AvgIpc) is 3.13. The largest absolute Gasteiger partial charge is 0.342 e. The minimum absolute atomic E-state index is 0.00481. The van der Waals surface area contributed by atoms with E-state index in [0.717, 1.165) is 12.8 Å². The van der Waals surface area contributed by atoms with Crippen molar-refractivity contribution in [1.29, 1.82) is 0 Å². The Bertz CT molecular complexity index is 330. The molecule has 1 heterocycles. The van der Waals surface area contributed by atoms with Gasteiger partial charge in [0.25, 0.3) is 0 Å². The van der Waals surface area contributed by atoms with Crippen LogP contribution in [0.3, 0.4) is 0 Å². The average molecular weight is 256 g/mol. The van der Waals surface area contributed by atoms with Crippen LogP contribution in [0.4, 0.5) is 0 Å². The summed E-state index contributed by atoms with van der Waals surface area (Å²) in [6, 6.07) is -0.583. The summed E-state index contributed by atoms with van der Waals surface area (Å²) in [5.74, 6) is 0.487. The number of nitrogens with zero attached hydrogens (tertiary/aromatic N) is 1. The molecule has 3 unspecified atom stereocenters. The zero-order valence-electron chi connectivity index (χ0n) is 10.6. The highest BCUT2D eigenvalue weighted by atomic mass is 32.2. The van der Waals surface area contributed by atoms with E-state index in [1.165, 1.54) is 0 Å². The molecular weight excluding hydrogens is 236 g/mol. The van der Waals surface area contributed by atoms with Gasteiger partial charge in [0.2, 0.25) is 11.8 Å². The number of rotatable bonds is 4. The Hall–Kier alpha value is -0.710. The van der Waals surface area contributed by atoms with Crippen LogP contribution >= 0.6 is 11.8 Å². The van der Waals surface area contributed by atoms with Gasteiger partial charge in [-0.1, -0.05) is 6.92 Å². The van der Waals surface area contributed by atoms with Crippen LogP contribution in [-0.2, 0) is 9.59 Å². The van der Waals surface area contributed by atoms with Gasteiger partial charge in [-0.3, -0.25) is 9.59 Å². The molecule has 0 aromatic heterocycles. The molecule has 2 aliphatic rings. The molecule has 1 aliphatic heterocycles. The first kappa shape index (κ1) is 12.7. The third-order valence-electron chi connectivity index (χ3n) is 3.64. The molecule has 1 aliphatic carbocycles. The fourth-order valence-electron chi connectivity index (χ4n) is 2.20. The molecule has 1 N–H and O–H groups in total. The molecule has 96 valence electrons. The van der Waals surface area contributed by atoms with E-state index < -0.39 is 0 Å². The lowest BCUT2D eigenvalue weighted by Crippen LogP contribution is -2.63. The highest BCUT2D eigenvalue weighted by Crippen LogP contribution is 2.35. The van der Waals surface area contributed by atoms with Crippen LogP contribution in [0.2, 0.25) is 0 Å². The first-order valence-corrected chi connectivity index (χ1v) is 7.47. The fourth-order valence-corrected chi connectivity index (χ4v) is 2.50. The summed E-state index contributed by atoms with van der Waals surface area (Å²) in [6.45, 7) is 4.56. The maximum absolute atomic E-state index is 12.3. The predicted octanol–water partition coefficient (Wildman–Crippen LogP) is 0.863. The van der Waals surface area contributed by atoms with Crippen molar-refractivity contribution in [2.75, 3.05) is 12.8 Å². The number of amides is 2. The Labute approximate surface area is 106 Å². The van der Waals surface area contributed by atoms with E-state index in [1.807, 2.05) is 13.2 Å². The van der Waals surface area contributed by atoms with Crippen LogP contribution in [0, 0.1) is 5.92 Å².